The van der Waals surface area contributed by atoms with E-state index in [4.69, 9.17) is 9.47 Å². The number of likely N-dealkylation sites (N-methyl/N-ethyl adjacent to an activating group) is 1. The smallest absolute Gasteiger partial charge is 0.227 e. The van der Waals surface area contributed by atoms with E-state index in [-0.39, 0.29) is 11.9 Å². The highest BCUT2D eigenvalue weighted by atomic mass is 16.5. The second kappa shape index (κ2) is 7.68. The maximum Gasteiger partial charge on any atom is 0.227 e. The molecule has 4 heteroatoms. The van der Waals surface area contributed by atoms with Crippen LogP contribution in [0, 0.1) is 0 Å². The minimum atomic E-state index is -0.000913. The van der Waals surface area contributed by atoms with Crippen LogP contribution in [0.4, 0.5) is 0 Å². The van der Waals surface area contributed by atoms with Crippen molar-refractivity contribution in [2.45, 2.75) is 19.4 Å². The van der Waals surface area contributed by atoms with Crippen molar-refractivity contribution in [2.24, 2.45) is 0 Å². The first kappa shape index (κ1) is 16.9. The maximum atomic E-state index is 12.5. The lowest BCUT2D eigenvalue weighted by molar-refractivity contribution is -0.131. The quantitative estimate of drug-likeness (QED) is 0.820. The molecule has 1 unspecified atom stereocenters. The molecule has 0 radical (unpaired) electrons. The minimum absolute atomic E-state index is 0.000913. The van der Waals surface area contributed by atoms with Gasteiger partial charge in [0.25, 0.3) is 0 Å². The van der Waals surface area contributed by atoms with Crippen molar-refractivity contribution in [1.29, 1.82) is 0 Å². The van der Waals surface area contributed by atoms with Crippen LogP contribution in [-0.2, 0) is 11.2 Å². The van der Waals surface area contributed by atoms with E-state index in [1.807, 2.05) is 62.5 Å². The third kappa shape index (κ3) is 4.25. The molecule has 0 saturated carbocycles. The Labute approximate surface area is 137 Å². The molecule has 0 spiro atoms. The number of amides is 1. The van der Waals surface area contributed by atoms with Gasteiger partial charge in [0.15, 0.2) is 0 Å². The van der Waals surface area contributed by atoms with Gasteiger partial charge in [-0.1, -0.05) is 24.3 Å². The van der Waals surface area contributed by atoms with Crippen LogP contribution in [0.1, 0.15) is 24.1 Å². The molecule has 0 aliphatic carbocycles. The molecule has 2 aromatic rings. The molecule has 0 saturated heterocycles. The van der Waals surface area contributed by atoms with E-state index in [9.17, 15) is 4.79 Å². The van der Waals surface area contributed by atoms with Crippen LogP contribution in [0.15, 0.2) is 48.5 Å². The zero-order valence-corrected chi connectivity index (χ0v) is 14.1. The van der Waals surface area contributed by atoms with E-state index in [0.29, 0.717) is 6.42 Å². The van der Waals surface area contributed by atoms with Gasteiger partial charge in [-0.05, 0) is 42.3 Å². The number of hydrogen-bond acceptors (Lipinski definition) is 3. The van der Waals surface area contributed by atoms with Gasteiger partial charge in [-0.25, -0.2) is 0 Å². The van der Waals surface area contributed by atoms with Crippen LogP contribution in [0.5, 0.6) is 11.5 Å². The fourth-order valence-electron chi connectivity index (χ4n) is 2.40. The Kier molecular flexibility index (Phi) is 5.63. The summed E-state index contributed by atoms with van der Waals surface area (Å²) >= 11 is 0. The molecular formula is C19H23NO3. The van der Waals surface area contributed by atoms with Crippen molar-refractivity contribution in [1.82, 2.24) is 4.90 Å². The van der Waals surface area contributed by atoms with Crippen LogP contribution in [0.3, 0.4) is 0 Å². The average molecular weight is 313 g/mol. The molecule has 1 amide bonds. The van der Waals surface area contributed by atoms with Gasteiger partial charge in [-0.15, -0.1) is 0 Å². The van der Waals surface area contributed by atoms with E-state index >= 15 is 0 Å². The van der Waals surface area contributed by atoms with E-state index < -0.39 is 0 Å². The highest BCUT2D eigenvalue weighted by Gasteiger charge is 2.17. The highest BCUT2D eigenvalue weighted by molar-refractivity contribution is 5.79. The third-order valence-corrected chi connectivity index (χ3v) is 4.06. The molecule has 1 atom stereocenters. The zero-order chi connectivity index (χ0) is 16.8. The van der Waals surface area contributed by atoms with E-state index in [0.717, 1.165) is 22.6 Å². The summed E-state index contributed by atoms with van der Waals surface area (Å²) in [6.45, 7) is 2.02. The van der Waals surface area contributed by atoms with Crippen molar-refractivity contribution in [2.75, 3.05) is 21.3 Å². The van der Waals surface area contributed by atoms with Crippen LogP contribution < -0.4 is 9.47 Å². The normalized spacial score (nSPS) is 11.7. The minimum Gasteiger partial charge on any atom is -0.497 e. The molecule has 4 nitrogen and oxygen atoms in total. The van der Waals surface area contributed by atoms with Gasteiger partial charge in [0.1, 0.15) is 11.5 Å². The summed E-state index contributed by atoms with van der Waals surface area (Å²) < 4.78 is 10.4. The van der Waals surface area contributed by atoms with Gasteiger partial charge in [-0.2, -0.15) is 0 Å². The van der Waals surface area contributed by atoms with Gasteiger partial charge < -0.3 is 14.4 Å². The second-order valence-corrected chi connectivity index (χ2v) is 5.48. The Morgan fingerprint density at radius 1 is 1.04 bits per heavy atom. The van der Waals surface area contributed by atoms with Crippen molar-refractivity contribution in [3.63, 3.8) is 0 Å². The molecule has 0 heterocycles. The number of benzene rings is 2. The van der Waals surface area contributed by atoms with Gasteiger partial charge in [0.05, 0.1) is 26.7 Å². The largest absolute Gasteiger partial charge is 0.497 e. The number of rotatable bonds is 6. The Hall–Kier alpha value is -2.49. The van der Waals surface area contributed by atoms with Crippen LogP contribution >= 0.6 is 0 Å². The topological polar surface area (TPSA) is 38.8 Å². The van der Waals surface area contributed by atoms with Crippen molar-refractivity contribution < 1.29 is 14.3 Å². The zero-order valence-electron chi connectivity index (χ0n) is 14.1. The monoisotopic (exact) mass is 313 g/mol. The number of carbonyl (C=O) groups is 1. The Morgan fingerprint density at radius 2 is 1.70 bits per heavy atom. The first-order valence-corrected chi connectivity index (χ1v) is 7.57. The molecule has 0 aliphatic rings. The standard InChI is InChI=1S/C19H23NO3/c1-14(16-8-10-17(22-3)11-9-16)20(2)19(21)13-15-6-5-7-18(12-15)23-4/h5-12,14H,13H2,1-4H3. The van der Waals surface area contributed by atoms with Crippen molar-refractivity contribution in [3.8, 4) is 11.5 Å². The number of nitrogens with zero attached hydrogens (tertiary/aromatic N) is 1. The summed E-state index contributed by atoms with van der Waals surface area (Å²) in [4.78, 5) is 14.3. The lowest BCUT2D eigenvalue weighted by Gasteiger charge is -2.25. The van der Waals surface area contributed by atoms with Crippen molar-refractivity contribution >= 4 is 5.91 Å². The Morgan fingerprint density at radius 3 is 2.30 bits per heavy atom. The SMILES string of the molecule is COc1ccc(C(C)N(C)C(=O)Cc2cccc(OC)c2)cc1. The van der Waals surface area contributed by atoms with E-state index in [1.54, 1.807) is 19.1 Å². The molecule has 2 aromatic carbocycles. The van der Waals surface area contributed by atoms with E-state index in [2.05, 4.69) is 0 Å². The molecule has 2 rings (SSSR count). The molecular weight excluding hydrogens is 290 g/mol. The van der Waals surface area contributed by atoms with Crippen LogP contribution in [0.25, 0.3) is 0 Å². The summed E-state index contributed by atoms with van der Waals surface area (Å²) in [6, 6.07) is 15.4. The van der Waals surface area contributed by atoms with E-state index in [1.165, 1.54) is 0 Å². The number of carbonyl (C=O) groups excluding carboxylic acids is 1. The fourth-order valence-corrected chi connectivity index (χ4v) is 2.40. The molecule has 0 aliphatic heterocycles. The first-order chi connectivity index (χ1) is 11.0. The van der Waals surface area contributed by atoms with Crippen LogP contribution in [-0.4, -0.2) is 32.1 Å². The summed E-state index contributed by atoms with van der Waals surface area (Å²) in [5.41, 5.74) is 2.02. The average Bonchev–Trinajstić information content (AvgIpc) is 2.60. The van der Waals surface area contributed by atoms with Gasteiger partial charge in [-0.3, -0.25) is 4.79 Å². The number of hydrogen-bond donors (Lipinski definition) is 0. The van der Waals surface area contributed by atoms with Gasteiger partial charge in [0.2, 0.25) is 5.91 Å². The summed E-state index contributed by atoms with van der Waals surface area (Å²) in [5.74, 6) is 1.65. The summed E-state index contributed by atoms with van der Waals surface area (Å²) in [6.07, 6.45) is 0.355. The highest BCUT2D eigenvalue weighted by Crippen LogP contribution is 2.22. The fraction of sp³-hybridized carbons (Fsp3) is 0.316. The summed E-state index contributed by atoms with van der Waals surface area (Å²) in [5, 5.41) is 0. The third-order valence-electron chi connectivity index (χ3n) is 4.06. The Balaban J connectivity index is 2.05. The molecule has 0 aromatic heterocycles. The number of ether oxygens (including phenoxy) is 2. The molecule has 0 N–H and O–H groups in total. The predicted molar refractivity (Wildman–Crippen MR) is 90.9 cm³/mol. The maximum absolute atomic E-state index is 12.5. The van der Waals surface area contributed by atoms with Gasteiger partial charge in [0, 0.05) is 7.05 Å². The molecule has 0 fully saturated rings. The van der Waals surface area contributed by atoms with Crippen molar-refractivity contribution in [3.05, 3.63) is 59.7 Å². The molecule has 0 bridgehead atoms. The predicted octanol–water partition coefficient (Wildman–Crippen LogP) is 3.47. The number of methoxy groups -OCH3 is 2. The lowest BCUT2D eigenvalue weighted by Crippen LogP contribution is -2.30. The first-order valence-electron chi connectivity index (χ1n) is 7.57. The summed E-state index contributed by atoms with van der Waals surface area (Å²) in [7, 11) is 5.10. The molecule has 23 heavy (non-hydrogen) atoms. The van der Waals surface area contributed by atoms with Crippen LogP contribution in [0.2, 0.25) is 0 Å². The molecule has 122 valence electrons. The second-order valence-electron chi connectivity index (χ2n) is 5.48. The lowest BCUT2D eigenvalue weighted by atomic mass is 10.1. The Bertz CT molecular complexity index is 652. The van der Waals surface area contributed by atoms with Gasteiger partial charge >= 0.3 is 0 Å².